The summed E-state index contributed by atoms with van der Waals surface area (Å²) in [5.41, 5.74) is 2.40. The minimum atomic E-state index is -0.0831. The molecule has 1 N–H and O–H groups in total. The fourth-order valence-corrected chi connectivity index (χ4v) is 3.83. The predicted octanol–water partition coefficient (Wildman–Crippen LogP) is 3.98. The monoisotopic (exact) mass is 389 g/mol. The number of carbonyl (C=O) groups excluding carboxylic acids is 1. The number of nitrogens with one attached hydrogen (secondary N) is 1. The molecule has 0 spiro atoms. The summed E-state index contributed by atoms with van der Waals surface area (Å²) in [5.74, 6) is -0.0831. The topological polar surface area (TPSA) is 46.9 Å². The number of thiophene rings is 1. The van der Waals surface area contributed by atoms with Crippen molar-refractivity contribution in [2.75, 3.05) is 6.54 Å². The lowest BCUT2D eigenvalue weighted by Crippen LogP contribution is -2.25. The summed E-state index contributed by atoms with van der Waals surface area (Å²) in [7, 11) is 0. The summed E-state index contributed by atoms with van der Waals surface area (Å²) in [5, 5.41) is 7.29. The largest absolute Gasteiger partial charge is 0.352 e. The molecule has 0 bridgehead atoms. The van der Waals surface area contributed by atoms with Gasteiger partial charge in [-0.15, -0.1) is 11.3 Å². The summed E-state index contributed by atoms with van der Waals surface area (Å²) in [6, 6.07) is 13.9. The Morgan fingerprint density at radius 1 is 1.26 bits per heavy atom. The van der Waals surface area contributed by atoms with E-state index in [-0.39, 0.29) is 5.91 Å². The van der Waals surface area contributed by atoms with Gasteiger partial charge in [-0.3, -0.25) is 4.79 Å². The van der Waals surface area contributed by atoms with Gasteiger partial charge in [0.25, 0.3) is 5.91 Å². The second kappa shape index (κ2) is 7.10. The second-order valence-electron chi connectivity index (χ2n) is 5.10. The van der Waals surface area contributed by atoms with Crippen LogP contribution in [-0.2, 0) is 6.42 Å². The van der Waals surface area contributed by atoms with Crippen molar-refractivity contribution in [1.82, 2.24) is 15.1 Å². The molecule has 0 unspecified atom stereocenters. The van der Waals surface area contributed by atoms with Gasteiger partial charge in [0.15, 0.2) is 0 Å². The van der Waals surface area contributed by atoms with Crippen LogP contribution in [0.5, 0.6) is 0 Å². The molecule has 0 aliphatic rings. The Bertz CT molecular complexity index is 810. The fraction of sp³-hybridized carbons (Fsp3) is 0.176. The average molecular weight is 390 g/mol. The van der Waals surface area contributed by atoms with Gasteiger partial charge in [0, 0.05) is 11.4 Å². The number of amides is 1. The van der Waals surface area contributed by atoms with Crippen molar-refractivity contribution in [2.45, 2.75) is 13.3 Å². The number of benzene rings is 1. The highest BCUT2D eigenvalue weighted by molar-refractivity contribution is 9.11. The van der Waals surface area contributed by atoms with Gasteiger partial charge in [0.05, 0.1) is 26.9 Å². The SMILES string of the molecule is Cc1c(C(=O)NCCc2ccc(Br)s2)cnn1-c1ccccc1. The smallest absolute Gasteiger partial charge is 0.254 e. The van der Waals surface area contributed by atoms with Crippen LogP contribution in [-0.4, -0.2) is 22.2 Å². The van der Waals surface area contributed by atoms with E-state index in [2.05, 4.69) is 32.4 Å². The van der Waals surface area contributed by atoms with Crippen LogP contribution in [0.1, 0.15) is 20.9 Å². The lowest BCUT2D eigenvalue weighted by molar-refractivity contribution is 0.0953. The Morgan fingerprint density at radius 2 is 2.04 bits per heavy atom. The Kier molecular flexibility index (Phi) is 4.93. The van der Waals surface area contributed by atoms with Crippen LogP contribution in [0.4, 0.5) is 0 Å². The molecule has 3 rings (SSSR count). The Hall–Kier alpha value is -1.92. The average Bonchev–Trinajstić information content (AvgIpc) is 3.14. The van der Waals surface area contributed by atoms with E-state index in [1.165, 1.54) is 4.88 Å². The summed E-state index contributed by atoms with van der Waals surface area (Å²) < 4.78 is 2.89. The van der Waals surface area contributed by atoms with Gasteiger partial charge in [0.1, 0.15) is 0 Å². The number of aromatic nitrogens is 2. The van der Waals surface area contributed by atoms with Crippen LogP contribution in [0.3, 0.4) is 0 Å². The summed E-state index contributed by atoms with van der Waals surface area (Å²) in [4.78, 5) is 13.6. The maximum atomic E-state index is 12.3. The maximum Gasteiger partial charge on any atom is 0.254 e. The van der Waals surface area contributed by atoms with Crippen molar-refractivity contribution in [3.05, 3.63) is 68.6 Å². The van der Waals surface area contributed by atoms with E-state index in [0.29, 0.717) is 12.1 Å². The third-order valence-corrected chi connectivity index (χ3v) is 5.22. The standard InChI is InChI=1S/C17H16BrN3OS/c1-12-15(11-20-21(12)13-5-3-2-4-6-13)17(22)19-10-9-14-7-8-16(18)23-14/h2-8,11H,9-10H2,1H3,(H,19,22). The first-order chi connectivity index (χ1) is 11.1. The van der Waals surface area contributed by atoms with Gasteiger partial charge in [-0.05, 0) is 53.5 Å². The van der Waals surface area contributed by atoms with E-state index in [0.717, 1.165) is 21.6 Å². The van der Waals surface area contributed by atoms with Gasteiger partial charge in [-0.1, -0.05) is 18.2 Å². The van der Waals surface area contributed by atoms with Crippen LogP contribution >= 0.6 is 27.3 Å². The van der Waals surface area contributed by atoms with Crippen LogP contribution in [0.2, 0.25) is 0 Å². The molecule has 0 radical (unpaired) electrons. The highest BCUT2D eigenvalue weighted by Gasteiger charge is 2.14. The molecular formula is C17H16BrN3OS. The van der Waals surface area contributed by atoms with Crippen LogP contribution < -0.4 is 5.32 Å². The highest BCUT2D eigenvalue weighted by Crippen LogP contribution is 2.22. The molecule has 0 aliphatic carbocycles. The highest BCUT2D eigenvalue weighted by atomic mass is 79.9. The molecular weight excluding hydrogens is 374 g/mol. The molecule has 3 aromatic rings. The first-order valence-corrected chi connectivity index (χ1v) is 8.88. The quantitative estimate of drug-likeness (QED) is 0.717. The van der Waals surface area contributed by atoms with Crippen LogP contribution in [0, 0.1) is 6.92 Å². The third kappa shape index (κ3) is 3.71. The zero-order valence-corrected chi connectivity index (χ0v) is 15.0. The van der Waals surface area contributed by atoms with Gasteiger partial charge in [0.2, 0.25) is 0 Å². The summed E-state index contributed by atoms with van der Waals surface area (Å²) >= 11 is 5.13. The molecule has 118 valence electrons. The predicted molar refractivity (Wildman–Crippen MR) is 96.4 cm³/mol. The fourth-order valence-electron chi connectivity index (χ4n) is 2.34. The van der Waals surface area contributed by atoms with Crippen molar-refractivity contribution in [3.8, 4) is 5.69 Å². The molecule has 0 saturated heterocycles. The zero-order valence-electron chi connectivity index (χ0n) is 12.6. The Balaban J connectivity index is 1.65. The molecule has 1 amide bonds. The lowest BCUT2D eigenvalue weighted by atomic mass is 10.2. The molecule has 23 heavy (non-hydrogen) atoms. The van der Waals surface area contributed by atoms with Crippen LogP contribution in [0.15, 0.2) is 52.4 Å². The minimum Gasteiger partial charge on any atom is -0.352 e. The molecule has 0 saturated carbocycles. The zero-order chi connectivity index (χ0) is 16.2. The van der Waals surface area contributed by atoms with Crippen LogP contribution in [0.25, 0.3) is 5.69 Å². The Labute approximate surface area is 147 Å². The van der Waals surface area contributed by atoms with E-state index in [1.807, 2.05) is 43.3 Å². The van der Waals surface area contributed by atoms with E-state index >= 15 is 0 Å². The molecule has 2 aromatic heterocycles. The molecule has 1 aromatic carbocycles. The van der Waals surface area contributed by atoms with E-state index in [9.17, 15) is 4.79 Å². The molecule has 4 nitrogen and oxygen atoms in total. The van der Waals surface area contributed by atoms with Gasteiger partial charge < -0.3 is 5.32 Å². The minimum absolute atomic E-state index is 0.0831. The number of para-hydroxylation sites is 1. The number of rotatable bonds is 5. The molecule has 0 aliphatic heterocycles. The van der Waals surface area contributed by atoms with E-state index < -0.39 is 0 Å². The molecule has 2 heterocycles. The van der Waals surface area contributed by atoms with Crippen molar-refractivity contribution < 1.29 is 4.79 Å². The van der Waals surface area contributed by atoms with E-state index in [1.54, 1.807) is 22.2 Å². The molecule has 0 atom stereocenters. The van der Waals surface area contributed by atoms with Crippen molar-refractivity contribution in [2.24, 2.45) is 0 Å². The Morgan fingerprint density at radius 3 is 2.74 bits per heavy atom. The van der Waals surface area contributed by atoms with Crippen molar-refractivity contribution >= 4 is 33.2 Å². The normalized spacial score (nSPS) is 10.7. The first kappa shape index (κ1) is 16.0. The number of hydrogen-bond donors (Lipinski definition) is 1. The third-order valence-electron chi connectivity index (χ3n) is 3.54. The number of carbonyl (C=O) groups is 1. The van der Waals surface area contributed by atoms with E-state index in [4.69, 9.17) is 0 Å². The maximum absolute atomic E-state index is 12.3. The molecule has 6 heteroatoms. The van der Waals surface area contributed by atoms with Crippen molar-refractivity contribution in [3.63, 3.8) is 0 Å². The van der Waals surface area contributed by atoms with Gasteiger partial charge >= 0.3 is 0 Å². The van der Waals surface area contributed by atoms with Crippen molar-refractivity contribution in [1.29, 1.82) is 0 Å². The second-order valence-corrected chi connectivity index (χ2v) is 7.65. The number of halogens is 1. The first-order valence-electron chi connectivity index (χ1n) is 7.27. The molecule has 0 fully saturated rings. The summed E-state index contributed by atoms with van der Waals surface area (Å²) in [6.07, 6.45) is 2.45. The number of hydrogen-bond acceptors (Lipinski definition) is 3. The lowest BCUT2D eigenvalue weighted by Gasteiger charge is -2.06. The van der Waals surface area contributed by atoms with Gasteiger partial charge in [-0.25, -0.2) is 4.68 Å². The van der Waals surface area contributed by atoms with Gasteiger partial charge in [-0.2, -0.15) is 5.10 Å². The number of nitrogens with zero attached hydrogens (tertiary/aromatic N) is 2. The summed E-state index contributed by atoms with van der Waals surface area (Å²) in [6.45, 7) is 2.52.